The molecular weight excluding hydrogens is 214 g/mol. The van der Waals surface area contributed by atoms with Crippen LogP contribution in [-0.2, 0) is 12.0 Å². The molecule has 2 aromatic rings. The molecule has 2 heteroatoms. The molecule has 3 rings (SSSR count). The average Bonchev–Trinajstić information content (AvgIpc) is 2.80. The highest BCUT2D eigenvalue weighted by molar-refractivity contribution is 7.10. The van der Waals surface area contributed by atoms with Crippen LogP contribution in [0, 0.1) is 0 Å². The highest BCUT2D eigenvalue weighted by atomic mass is 32.1. The van der Waals surface area contributed by atoms with Crippen molar-refractivity contribution in [1.82, 2.24) is 5.32 Å². The first-order valence-electron chi connectivity index (χ1n) is 5.68. The zero-order valence-corrected chi connectivity index (χ0v) is 10.2. The van der Waals surface area contributed by atoms with Gasteiger partial charge in [-0.25, -0.2) is 0 Å². The highest BCUT2D eigenvalue weighted by Gasteiger charge is 2.33. The molecule has 1 N–H and O–H groups in total. The number of fused-ring (bicyclic) bond motifs is 1. The summed E-state index contributed by atoms with van der Waals surface area (Å²) in [5.74, 6) is 0. The Hall–Kier alpha value is -1.12. The molecular formula is C14H15NS. The van der Waals surface area contributed by atoms with Crippen LogP contribution in [0.3, 0.4) is 0 Å². The van der Waals surface area contributed by atoms with Crippen molar-refractivity contribution in [2.45, 2.75) is 18.9 Å². The summed E-state index contributed by atoms with van der Waals surface area (Å²) >= 11 is 1.88. The monoisotopic (exact) mass is 229 g/mol. The van der Waals surface area contributed by atoms with E-state index in [-0.39, 0.29) is 5.54 Å². The fourth-order valence-corrected chi connectivity index (χ4v) is 3.52. The third-order valence-electron chi connectivity index (χ3n) is 3.47. The maximum Gasteiger partial charge on any atom is 0.0672 e. The van der Waals surface area contributed by atoms with Crippen molar-refractivity contribution in [3.63, 3.8) is 0 Å². The van der Waals surface area contributed by atoms with Gasteiger partial charge < -0.3 is 5.32 Å². The molecule has 2 heterocycles. The minimum absolute atomic E-state index is 0.00512. The highest BCUT2D eigenvalue weighted by Crippen LogP contribution is 2.36. The standard InChI is InChI=1S/C14H15NS/c1-14(11-5-3-2-4-6-11)12-8-10-16-13(12)7-9-15-14/h2-6,8,10,15H,7,9H2,1H3. The number of hydrogen-bond acceptors (Lipinski definition) is 2. The molecule has 16 heavy (non-hydrogen) atoms. The van der Waals surface area contributed by atoms with E-state index < -0.39 is 0 Å². The van der Waals surface area contributed by atoms with E-state index in [1.807, 2.05) is 11.3 Å². The van der Waals surface area contributed by atoms with Crippen LogP contribution in [0.2, 0.25) is 0 Å². The minimum atomic E-state index is -0.00512. The Bertz CT molecular complexity index is 488. The number of nitrogens with one attached hydrogen (secondary N) is 1. The van der Waals surface area contributed by atoms with Gasteiger partial charge in [-0.3, -0.25) is 0 Å². The molecule has 1 aromatic carbocycles. The topological polar surface area (TPSA) is 12.0 Å². The molecule has 0 saturated heterocycles. The van der Waals surface area contributed by atoms with Gasteiger partial charge in [0.2, 0.25) is 0 Å². The summed E-state index contributed by atoms with van der Waals surface area (Å²) < 4.78 is 0. The van der Waals surface area contributed by atoms with Gasteiger partial charge in [-0.15, -0.1) is 11.3 Å². The SMILES string of the molecule is CC1(c2ccccc2)NCCc2sccc21. The van der Waals surface area contributed by atoms with Crippen molar-refractivity contribution >= 4 is 11.3 Å². The largest absolute Gasteiger partial charge is 0.304 e. The van der Waals surface area contributed by atoms with Gasteiger partial charge in [0.1, 0.15) is 0 Å². The van der Waals surface area contributed by atoms with Gasteiger partial charge in [0, 0.05) is 11.4 Å². The minimum Gasteiger partial charge on any atom is -0.304 e. The molecule has 82 valence electrons. The maximum atomic E-state index is 3.66. The Balaban J connectivity index is 2.14. The molecule has 0 saturated carbocycles. The van der Waals surface area contributed by atoms with Crippen molar-refractivity contribution < 1.29 is 0 Å². The lowest BCUT2D eigenvalue weighted by Crippen LogP contribution is -2.45. The number of rotatable bonds is 1. The van der Waals surface area contributed by atoms with E-state index >= 15 is 0 Å². The van der Waals surface area contributed by atoms with Crippen LogP contribution in [0.25, 0.3) is 0 Å². The fourth-order valence-electron chi connectivity index (χ4n) is 2.53. The van der Waals surface area contributed by atoms with E-state index in [1.54, 1.807) is 0 Å². The summed E-state index contributed by atoms with van der Waals surface area (Å²) in [6.07, 6.45) is 1.16. The lowest BCUT2D eigenvalue weighted by molar-refractivity contribution is 0.419. The van der Waals surface area contributed by atoms with Gasteiger partial charge in [0.25, 0.3) is 0 Å². The van der Waals surface area contributed by atoms with Crippen molar-refractivity contribution in [3.05, 3.63) is 57.8 Å². The van der Waals surface area contributed by atoms with Gasteiger partial charge in [0.05, 0.1) is 5.54 Å². The number of hydrogen-bond donors (Lipinski definition) is 1. The van der Waals surface area contributed by atoms with Crippen LogP contribution >= 0.6 is 11.3 Å². The molecule has 1 aliphatic rings. The van der Waals surface area contributed by atoms with Gasteiger partial charge in [-0.1, -0.05) is 30.3 Å². The van der Waals surface area contributed by atoms with Gasteiger partial charge >= 0.3 is 0 Å². The van der Waals surface area contributed by atoms with Gasteiger partial charge in [-0.05, 0) is 35.9 Å². The molecule has 1 nitrogen and oxygen atoms in total. The van der Waals surface area contributed by atoms with Crippen LogP contribution in [0.1, 0.15) is 22.9 Å². The zero-order valence-electron chi connectivity index (χ0n) is 9.36. The quantitative estimate of drug-likeness (QED) is 0.792. The summed E-state index contributed by atoms with van der Waals surface area (Å²) in [6, 6.07) is 13.0. The Labute approximate surface area is 100 Å². The molecule has 1 unspecified atom stereocenters. The molecule has 0 aliphatic carbocycles. The predicted molar refractivity (Wildman–Crippen MR) is 68.9 cm³/mol. The lowest BCUT2D eigenvalue weighted by Gasteiger charge is -2.36. The summed E-state index contributed by atoms with van der Waals surface area (Å²) in [4.78, 5) is 1.53. The Morgan fingerprint density at radius 1 is 1.19 bits per heavy atom. The molecule has 1 aromatic heterocycles. The van der Waals surface area contributed by atoms with Crippen LogP contribution in [0.5, 0.6) is 0 Å². The number of benzene rings is 1. The molecule has 1 aliphatic heterocycles. The van der Waals surface area contributed by atoms with Crippen molar-refractivity contribution in [1.29, 1.82) is 0 Å². The lowest BCUT2D eigenvalue weighted by atomic mass is 9.82. The Kier molecular flexibility index (Phi) is 2.34. The molecule has 1 atom stereocenters. The summed E-state index contributed by atoms with van der Waals surface area (Å²) in [5.41, 5.74) is 2.80. The van der Waals surface area contributed by atoms with Crippen LogP contribution in [0.15, 0.2) is 41.8 Å². The summed E-state index contributed by atoms with van der Waals surface area (Å²) in [7, 11) is 0. The average molecular weight is 229 g/mol. The predicted octanol–water partition coefficient (Wildman–Crippen LogP) is 3.16. The first kappa shape index (κ1) is 10.1. The Morgan fingerprint density at radius 2 is 2.00 bits per heavy atom. The van der Waals surface area contributed by atoms with E-state index in [0.717, 1.165) is 13.0 Å². The molecule has 0 fully saturated rings. The zero-order chi connectivity index (χ0) is 11.0. The van der Waals surface area contributed by atoms with E-state index in [9.17, 15) is 0 Å². The molecule has 0 bridgehead atoms. The maximum absolute atomic E-state index is 3.66. The van der Waals surface area contributed by atoms with Crippen LogP contribution < -0.4 is 5.32 Å². The van der Waals surface area contributed by atoms with Crippen molar-refractivity contribution in [2.24, 2.45) is 0 Å². The van der Waals surface area contributed by atoms with Crippen LogP contribution in [-0.4, -0.2) is 6.54 Å². The first-order chi connectivity index (χ1) is 7.81. The normalized spacial score (nSPS) is 24.1. The third-order valence-corrected chi connectivity index (χ3v) is 4.45. The van der Waals surface area contributed by atoms with E-state index in [0.29, 0.717) is 0 Å². The third kappa shape index (κ3) is 1.41. The van der Waals surface area contributed by atoms with E-state index in [4.69, 9.17) is 0 Å². The fraction of sp³-hybridized carbons (Fsp3) is 0.286. The molecule has 0 radical (unpaired) electrons. The number of thiophene rings is 1. The van der Waals surface area contributed by atoms with Gasteiger partial charge in [0.15, 0.2) is 0 Å². The molecule has 0 amide bonds. The van der Waals surface area contributed by atoms with E-state index in [2.05, 4.69) is 54.0 Å². The molecule has 0 spiro atoms. The van der Waals surface area contributed by atoms with Crippen molar-refractivity contribution in [3.8, 4) is 0 Å². The smallest absolute Gasteiger partial charge is 0.0672 e. The van der Waals surface area contributed by atoms with E-state index in [1.165, 1.54) is 16.0 Å². The van der Waals surface area contributed by atoms with Crippen molar-refractivity contribution in [2.75, 3.05) is 6.54 Å². The first-order valence-corrected chi connectivity index (χ1v) is 6.56. The second-order valence-electron chi connectivity index (χ2n) is 4.43. The Morgan fingerprint density at radius 3 is 2.81 bits per heavy atom. The second kappa shape index (κ2) is 3.72. The summed E-state index contributed by atoms with van der Waals surface area (Å²) in [6.45, 7) is 3.35. The van der Waals surface area contributed by atoms with Gasteiger partial charge in [-0.2, -0.15) is 0 Å². The van der Waals surface area contributed by atoms with Crippen LogP contribution in [0.4, 0.5) is 0 Å². The summed E-state index contributed by atoms with van der Waals surface area (Å²) in [5, 5.41) is 5.87. The second-order valence-corrected chi connectivity index (χ2v) is 5.43.